The largest absolute Gasteiger partial charge is 0.379 e. The molecule has 0 aromatic heterocycles. The normalized spacial score (nSPS) is 32.9. The Morgan fingerprint density at radius 1 is 0.230 bits per heavy atom. The first-order valence-corrected chi connectivity index (χ1v) is 43.6. The minimum atomic E-state index is -0.0463. The van der Waals surface area contributed by atoms with Crippen molar-refractivity contribution in [3.8, 4) is 0 Å². The van der Waals surface area contributed by atoms with Crippen LogP contribution in [0.5, 0.6) is 0 Å². The van der Waals surface area contributed by atoms with Crippen molar-refractivity contribution in [1.29, 1.82) is 0 Å². The second-order valence-electron chi connectivity index (χ2n) is 31.6. The number of nitrogens with one attached hydrogen (secondary N) is 17. The summed E-state index contributed by atoms with van der Waals surface area (Å²) in [6, 6.07) is 4.89. The van der Waals surface area contributed by atoms with Gasteiger partial charge in [0, 0.05) is 172 Å². The van der Waals surface area contributed by atoms with Gasteiger partial charge in [0.15, 0.2) is 0 Å². The van der Waals surface area contributed by atoms with Crippen molar-refractivity contribution in [1.82, 2.24) is 90.4 Å². The van der Waals surface area contributed by atoms with Gasteiger partial charge in [0.2, 0.25) is 11.8 Å². The zero-order chi connectivity index (χ0) is 83.2. The van der Waals surface area contributed by atoms with E-state index in [9.17, 15) is 14.4 Å². The highest BCUT2D eigenvalue weighted by Crippen LogP contribution is 2.05. The molecular weight excluding hydrogens is 1450 g/mol. The summed E-state index contributed by atoms with van der Waals surface area (Å²) in [6.45, 7) is 70.2. The lowest BCUT2D eigenvalue weighted by atomic mass is 10.2. The fourth-order valence-electron chi connectivity index (χ4n) is 12.4. The highest BCUT2D eigenvalue weighted by atomic mass is 16.5. The maximum absolute atomic E-state index is 10.2. The van der Waals surface area contributed by atoms with E-state index in [2.05, 4.69) is 208 Å². The van der Waals surface area contributed by atoms with E-state index in [1.165, 1.54) is 58.3 Å². The van der Waals surface area contributed by atoms with Gasteiger partial charge in [-0.2, -0.15) is 0 Å². The Morgan fingerprint density at radius 2 is 0.504 bits per heavy atom. The van der Waals surface area contributed by atoms with Gasteiger partial charge in [0.05, 0.1) is 148 Å². The van der Waals surface area contributed by atoms with Gasteiger partial charge in [0.25, 0.3) is 0 Å². The first kappa shape index (κ1) is 108. The van der Waals surface area contributed by atoms with Crippen LogP contribution in [-0.4, -0.2) is 364 Å². The SMILES string of the molecule is C1CCNC1.C1CCNCC1.C1COCCN1.CC1CNCC(C)O1.CC1COCC(C)N1.CC1COCCN1.C[C@@H]1CNC[C@@H](C)O1.C[C@@H]1CNC[C@H](C)O1.C[C@@H]1COCCN1.C[C@@H]1COC[C@@H](C)N1.C[C@H]1CNC[C@H](C)O1.C[C@H]1COCCN1.C[C@H]1COC[C@H](C)N1.O=C1CCCN1.O=C1COCCN1.O=C1NCCN1. The number of piperidine rings is 1. The second kappa shape index (κ2) is 75.4. The highest BCUT2D eigenvalue weighted by molar-refractivity contribution is 5.78. The van der Waals surface area contributed by atoms with E-state index in [1.807, 2.05) is 0 Å². The second-order valence-corrected chi connectivity index (χ2v) is 31.6. The average Bonchev–Trinajstić information content (AvgIpc) is 1.67. The van der Waals surface area contributed by atoms with Gasteiger partial charge in [-0.3, -0.25) is 9.59 Å². The van der Waals surface area contributed by atoms with Gasteiger partial charge < -0.3 is 147 Å². The minimum absolute atomic E-state index is 0.00810. The highest BCUT2D eigenvalue weighted by Gasteiger charge is 2.19. The van der Waals surface area contributed by atoms with Crippen LogP contribution in [0.4, 0.5) is 4.79 Å². The molecule has 32 heteroatoms. The Hall–Kier alpha value is -2.79. The van der Waals surface area contributed by atoms with Crippen molar-refractivity contribution >= 4 is 17.8 Å². The minimum Gasteiger partial charge on any atom is -0.379 e. The molecule has 0 spiro atoms. The summed E-state index contributed by atoms with van der Waals surface area (Å²) >= 11 is 0. The van der Waals surface area contributed by atoms with Crippen molar-refractivity contribution in [3.63, 3.8) is 0 Å². The van der Waals surface area contributed by atoms with Gasteiger partial charge >= 0.3 is 6.03 Å². The molecule has 16 saturated heterocycles. The van der Waals surface area contributed by atoms with E-state index in [1.54, 1.807) is 0 Å². The number of urea groups is 1. The van der Waals surface area contributed by atoms with E-state index in [4.69, 9.17) is 56.8 Å². The third-order valence-corrected chi connectivity index (χ3v) is 18.0. The van der Waals surface area contributed by atoms with Crippen molar-refractivity contribution in [2.75, 3.05) is 243 Å². The average molecular weight is 1630 g/mol. The van der Waals surface area contributed by atoms with Gasteiger partial charge in [-0.15, -0.1) is 0 Å². The summed E-state index contributed by atoms with van der Waals surface area (Å²) in [5.74, 6) is 0.196. The predicted molar refractivity (Wildman–Crippen MR) is 455 cm³/mol. The summed E-state index contributed by atoms with van der Waals surface area (Å²) in [5, 5.41) is 53.0. The molecule has 17 atom stereocenters. The Bertz CT molecular complexity index is 1740. The summed E-state index contributed by atoms with van der Waals surface area (Å²) in [7, 11) is 0. The quantitative estimate of drug-likeness (QED) is 0.164. The molecular formula is C81H173N17O15. The van der Waals surface area contributed by atoms with Gasteiger partial charge in [0.1, 0.15) is 6.61 Å². The fourth-order valence-corrected chi connectivity index (χ4v) is 12.4. The molecule has 4 amide bonds. The van der Waals surface area contributed by atoms with E-state index in [0.29, 0.717) is 116 Å². The maximum Gasteiger partial charge on any atom is 0.314 e. The van der Waals surface area contributed by atoms with Crippen LogP contribution in [0.15, 0.2) is 0 Å². The van der Waals surface area contributed by atoms with Crippen LogP contribution in [0.1, 0.15) is 163 Å². The van der Waals surface area contributed by atoms with E-state index < -0.39 is 0 Å². The monoisotopic (exact) mass is 1620 g/mol. The molecule has 16 rings (SSSR count). The molecule has 32 nitrogen and oxygen atoms in total. The number of amides is 4. The van der Waals surface area contributed by atoms with Crippen LogP contribution in [-0.2, 0) is 66.4 Å². The summed E-state index contributed by atoms with van der Waals surface area (Å²) in [5.41, 5.74) is 0. The van der Waals surface area contributed by atoms with Crippen LogP contribution < -0.4 is 90.4 Å². The number of carbonyl (C=O) groups is 3. The molecule has 16 aliphatic rings. The van der Waals surface area contributed by atoms with Crippen molar-refractivity contribution in [3.05, 3.63) is 0 Å². The summed E-state index contributed by atoms with van der Waals surface area (Å²) < 4.78 is 62.5. The lowest BCUT2D eigenvalue weighted by Crippen LogP contribution is -2.45. The predicted octanol–water partition coefficient (Wildman–Crippen LogP) is 1.73. The van der Waals surface area contributed by atoms with Gasteiger partial charge in [-0.05, 0) is 176 Å². The molecule has 0 radical (unpaired) electrons. The van der Waals surface area contributed by atoms with Gasteiger partial charge in [-0.1, -0.05) is 6.42 Å². The Labute approximate surface area is 685 Å². The van der Waals surface area contributed by atoms with Crippen LogP contribution in [0.2, 0.25) is 0 Å². The van der Waals surface area contributed by atoms with Crippen molar-refractivity contribution in [2.24, 2.45) is 0 Å². The topological polar surface area (TPSA) is 366 Å². The fraction of sp³-hybridized carbons (Fsp3) is 0.963. The Kier molecular flexibility index (Phi) is 72.2. The number of rotatable bonds is 0. The third-order valence-electron chi connectivity index (χ3n) is 18.0. The number of hydrogen-bond acceptors (Lipinski definition) is 28. The molecule has 0 aromatic carbocycles. The summed E-state index contributed by atoms with van der Waals surface area (Å²) in [6.07, 6.45) is 12.0. The van der Waals surface area contributed by atoms with Gasteiger partial charge in [-0.25, -0.2) is 4.79 Å². The van der Waals surface area contributed by atoms with Crippen LogP contribution in [0.3, 0.4) is 0 Å². The number of morpholine rings is 12. The standard InChI is InChI=1S/7C6H13NO.3C5H11NO.C5H11N.C4H7NO2.C4H9NO.C4H7NO.C4H9N.C3H6N2O/c3*1-5-3-8-4-6(2)7-5;4*1-5-3-7-4-6(2)8-5;3*1-5-4-7-3-2-6-5;1-2-4-6-5-3-1;6-4-3-7-2-1-5-4;1-3-6-4-2-5-1;6-4-2-1-3-5-4;1-2-4-5-3-1;6-3-4-1-2-5-3/h7*5-7H,3-4H2,1-2H3;3*5-6H,2-4H2,1H3;6H,1-5H2;1-3H2,(H,5,6);5H,1-4H2;1-3H2,(H,5,6);5H,1-4H2;1-2H2,(H2,4,5,6)/t2*5-,6-;;5-,6+;2*5-,6-;;2*5-;;;;;;;/m10..10.10......./s1. The van der Waals surface area contributed by atoms with E-state index in [0.717, 1.165) is 210 Å². The van der Waals surface area contributed by atoms with Crippen molar-refractivity contribution in [2.45, 2.75) is 266 Å². The smallest absolute Gasteiger partial charge is 0.314 e. The number of carbonyl (C=O) groups excluding carboxylic acids is 3. The lowest BCUT2D eigenvalue weighted by Gasteiger charge is -2.25. The molecule has 0 aromatic rings. The Balaban J connectivity index is 0.000000603. The van der Waals surface area contributed by atoms with E-state index >= 15 is 0 Å². The molecule has 113 heavy (non-hydrogen) atoms. The summed E-state index contributed by atoms with van der Waals surface area (Å²) in [4.78, 5) is 30.4. The molecule has 0 saturated carbocycles. The molecule has 0 bridgehead atoms. The number of ether oxygens (including phenoxy) is 12. The maximum atomic E-state index is 10.2. The number of hydrogen-bond donors (Lipinski definition) is 17. The van der Waals surface area contributed by atoms with E-state index in [-0.39, 0.29) is 24.5 Å². The molecule has 16 fully saturated rings. The molecule has 672 valence electrons. The van der Waals surface area contributed by atoms with Crippen LogP contribution in [0, 0.1) is 0 Å². The first-order valence-electron chi connectivity index (χ1n) is 43.6. The first-order chi connectivity index (χ1) is 54.4. The molecule has 17 N–H and O–H groups in total. The van der Waals surface area contributed by atoms with Crippen LogP contribution >= 0.6 is 0 Å². The molecule has 16 aliphatic heterocycles. The zero-order valence-electron chi connectivity index (χ0n) is 74.1. The molecule has 0 aliphatic carbocycles. The van der Waals surface area contributed by atoms with Crippen LogP contribution in [0.25, 0.3) is 0 Å². The molecule has 5 unspecified atom stereocenters. The third kappa shape index (κ3) is 74.0. The lowest BCUT2D eigenvalue weighted by molar-refractivity contribution is -0.129. The van der Waals surface area contributed by atoms with Crippen molar-refractivity contribution < 1.29 is 71.2 Å². The zero-order valence-corrected chi connectivity index (χ0v) is 74.1. The molecule has 16 heterocycles. The Morgan fingerprint density at radius 3 is 0.619 bits per heavy atom.